The third-order valence-corrected chi connectivity index (χ3v) is 23.2. The van der Waals surface area contributed by atoms with E-state index in [9.17, 15) is 21.0 Å². The molecule has 7 rings (SSSR count). The SMILES string of the molecule is CCCCC(CC)CS1(CC(CC)CCCC)c2c/c(=c3\cc/c(=c4\ccc(=C(C#N)C#N)s4)s3)sc2=c2s/c(=c3\cc/c(=c4\ccc(=C(C#N)C#N)s4)s3)cc21. The predicted octanol–water partition coefficient (Wildman–Crippen LogP) is 12.9. The van der Waals surface area contributed by atoms with Gasteiger partial charge in [0.15, 0.2) is 0 Å². The van der Waals surface area contributed by atoms with Gasteiger partial charge in [-0.1, -0.05) is 66.2 Å². The van der Waals surface area contributed by atoms with Crippen LogP contribution in [0.4, 0.5) is 0 Å². The van der Waals surface area contributed by atoms with Crippen LogP contribution in [-0.2, 0) is 0 Å². The van der Waals surface area contributed by atoms with Gasteiger partial charge in [0, 0.05) is 46.0 Å². The molecule has 0 spiro atoms. The summed E-state index contributed by atoms with van der Waals surface area (Å²) < 4.78 is 14.1. The van der Waals surface area contributed by atoms with E-state index in [0.717, 1.165) is 18.1 Å². The van der Waals surface area contributed by atoms with Crippen molar-refractivity contribution < 1.29 is 0 Å². The van der Waals surface area contributed by atoms with E-state index in [-0.39, 0.29) is 11.1 Å². The molecule has 0 fully saturated rings. The fourth-order valence-electron chi connectivity index (χ4n) is 7.72. The van der Waals surface area contributed by atoms with Gasteiger partial charge >= 0.3 is 0 Å². The number of hydrogen-bond acceptors (Lipinski definition) is 10. The highest BCUT2D eigenvalue weighted by atomic mass is 32.3. The van der Waals surface area contributed by atoms with Crippen LogP contribution in [0.5, 0.6) is 0 Å². The third-order valence-electron chi connectivity index (χ3n) is 10.9. The molecule has 0 aromatic carbocycles. The molecule has 0 N–H and O–H groups in total. The molecule has 6 aromatic heterocycles. The van der Waals surface area contributed by atoms with E-state index < -0.39 is 10.0 Å². The first kappa shape index (κ1) is 41.4. The number of rotatable bonds is 12. The maximum Gasteiger partial charge on any atom is 0.146 e. The van der Waals surface area contributed by atoms with Crippen LogP contribution in [0.2, 0.25) is 0 Å². The second kappa shape index (κ2) is 18.4. The van der Waals surface area contributed by atoms with Gasteiger partial charge in [-0.2, -0.15) is 31.1 Å². The first-order valence-electron chi connectivity index (χ1n) is 19.7. The molecule has 6 aromatic rings. The van der Waals surface area contributed by atoms with Crippen LogP contribution in [0.3, 0.4) is 0 Å². The molecule has 0 radical (unpaired) electrons. The Kier molecular flexibility index (Phi) is 13.4. The van der Waals surface area contributed by atoms with Gasteiger partial charge in [0.05, 0.1) is 18.1 Å². The van der Waals surface area contributed by atoms with Crippen LogP contribution in [0, 0.1) is 102 Å². The van der Waals surface area contributed by atoms with E-state index in [2.05, 4.69) is 64.1 Å². The Hall–Kier alpha value is -3.75. The summed E-state index contributed by atoms with van der Waals surface area (Å²) in [5.74, 6) is 3.88. The van der Waals surface area contributed by atoms with E-state index in [1.807, 2.05) is 93.9 Å². The van der Waals surface area contributed by atoms with E-state index in [0.29, 0.717) is 11.8 Å². The van der Waals surface area contributed by atoms with Crippen molar-refractivity contribution in [1.29, 1.82) is 21.0 Å². The van der Waals surface area contributed by atoms with Crippen molar-refractivity contribution in [2.75, 3.05) is 11.5 Å². The number of unbranched alkanes of at least 4 members (excludes halogenated alkanes) is 2. The Morgan fingerprint density at radius 3 is 1.19 bits per heavy atom. The topological polar surface area (TPSA) is 95.2 Å². The monoisotopic (exact) mass is 876 g/mol. The van der Waals surface area contributed by atoms with Crippen LogP contribution >= 0.6 is 78.0 Å². The molecule has 0 saturated heterocycles. The van der Waals surface area contributed by atoms with E-state index >= 15 is 0 Å². The lowest BCUT2D eigenvalue weighted by atomic mass is 10.0. The molecule has 0 amide bonds. The standard InChI is InChI=1S/C46H44N4S7/c1-5-9-11-29(7-3)27-57(28-30(8-4)12-10-6-2)43-21-41(39-19-17-37(53-39)35-15-13-33(51-35)31(23-47)24-48)55-45(43)46-44(57)22-42(56-46)40-20-18-38(54-40)36-16-14-34(52-36)32(25-49)26-50/h13-22,29-30H,5-12,27-28H2,1-4H3/b37-35-,38-36-,41-39-,42-40+. The second-order valence-electron chi connectivity index (χ2n) is 14.5. The summed E-state index contributed by atoms with van der Waals surface area (Å²) in [6.07, 6.45) is 10.0. The smallest absolute Gasteiger partial charge is 0.146 e. The van der Waals surface area contributed by atoms with Gasteiger partial charge in [0.2, 0.25) is 0 Å². The molecule has 1 aliphatic heterocycles. The van der Waals surface area contributed by atoms with E-state index in [4.69, 9.17) is 0 Å². The lowest BCUT2D eigenvalue weighted by molar-refractivity contribution is 0.484. The minimum Gasteiger partial charge on any atom is -0.192 e. The molecule has 0 bridgehead atoms. The van der Waals surface area contributed by atoms with Crippen molar-refractivity contribution in [2.45, 2.75) is 88.9 Å². The van der Waals surface area contributed by atoms with Crippen molar-refractivity contribution in [3.05, 3.63) is 115 Å². The van der Waals surface area contributed by atoms with Crippen LogP contribution in [0.15, 0.2) is 70.5 Å². The van der Waals surface area contributed by atoms with Gasteiger partial charge in [-0.3, -0.25) is 0 Å². The number of nitriles is 4. The average Bonchev–Trinajstić information content (AvgIpc) is 4.07. The van der Waals surface area contributed by atoms with Crippen LogP contribution in [-0.4, -0.2) is 11.5 Å². The molecule has 0 aliphatic carbocycles. The van der Waals surface area contributed by atoms with Crippen molar-refractivity contribution >= 4 is 89.2 Å². The first-order chi connectivity index (χ1) is 27.8. The molecule has 11 heteroatoms. The van der Waals surface area contributed by atoms with Crippen molar-refractivity contribution in [3.63, 3.8) is 0 Å². The second-order valence-corrected chi connectivity index (χ2v) is 24.3. The van der Waals surface area contributed by atoms with Crippen molar-refractivity contribution in [1.82, 2.24) is 0 Å². The Morgan fingerprint density at radius 2 is 0.842 bits per heavy atom. The minimum atomic E-state index is -1.35. The third kappa shape index (κ3) is 8.28. The first-order valence-corrected chi connectivity index (χ1v) is 26.5. The molecule has 290 valence electrons. The van der Waals surface area contributed by atoms with Gasteiger partial charge < -0.3 is 0 Å². The Morgan fingerprint density at radius 1 is 0.491 bits per heavy atom. The van der Waals surface area contributed by atoms with E-state index in [1.165, 1.54) is 122 Å². The molecule has 2 atom stereocenters. The number of fused-ring (bicyclic) bond motifs is 2. The Balaban J connectivity index is 1.54. The van der Waals surface area contributed by atoms with Gasteiger partial charge in [0.25, 0.3) is 0 Å². The minimum absolute atomic E-state index is 0.166. The summed E-state index contributed by atoms with van der Waals surface area (Å²) in [7, 11) is -1.35. The lowest BCUT2D eigenvalue weighted by Crippen LogP contribution is -2.21. The summed E-state index contributed by atoms with van der Waals surface area (Å²) in [5, 5.41) is 37.8. The number of hydrogen-bond donors (Lipinski definition) is 0. The van der Waals surface area contributed by atoms with Gasteiger partial charge in [0.1, 0.15) is 35.4 Å². The Labute approximate surface area is 358 Å². The highest BCUT2D eigenvalue weighted by molar-refractivity contribution is 8.34. The highest BCUT2D eigenvalue weighted by Crippen LogP contribution is 2.70. The summed E-state index contributed by atoms with van der Waals surface area (Å²) in [6.45, 7) is 9.46. The summed E-state index contributed by atoms with van der Waals surface area (Å²) >= 11 is 10.6. The maximum absolute atomic E-state index is 9.44. The van der Waals surface area contributed by atoms with Crippen molar-refractivity contribution in [3.8, 4) is 24.3 Å². The van der Waals surface area contributed by atoms with Crippen LogP contribution in [0.25, 0.3) is 11.1 Å². The molecule has 57 heavy (non-hydrogen) atoms. The van der Waals surface area contributed by atoms with Gasteiger partial charge in [-0.15, -0.1) is 68.0 Å². The molecule has 1 aliphatic rings. The van der Waals surface area contributed by atoms with Gasteiger partial charge in [-0.25, -0.2) is 0 Å². The fraction of sp³-hybridized carbons (Fsp3) is 0.348. The largest absolute Gasteiger partial charge is 0.192 e. The molecular weight excluding hydrogens is 833 g/mol. The average molecular weight is 877 g/mol. The zero-order valence-electron chi connectivity index (χ0n) is 32.6. The maximum atomic E-state index is 9.44. The van der Waals surface area contributed by atoms with Crippen molar-refractivity contribution in [2.24, 2.45) is 11.8 Å². The highest BCUT2D eigenvalue weighted by Gasteiger charge is 2.40. The zero-order chi connectivity index (χ0) is 40.1. The molecular formula is C46H44N4S7. The number of nitrogens with zero attached hydrogens (tertiary/aromatic N) is 4. The van der Waals surface area contributed by atoms with E-state index in [1.54, 1.807) is 9.79 Å². The number of thiophene rings is 6. The summed E-state index contributed by atoms with van der Waals surface area (Å²) in [4.78, 5) is 3.24. The predicted molar refractivity (Wildman–Crippen MR) is 243 cm³/mol. The molecule has 0 saturated carbocycles. The van der Waals surface area contributed by atoms with Gasteiger partial charge in [-0.05, 0) is 96.8 Å². The quantitative estimate of drug-likeness (QED) is 0.122. The molecule has 2 unspecified atom stereocenters. The zero-order valence-corrected chi connectivity index (χ0v) is 38.4. The normalized spacial score (nSPS) is 18.9. The Bertz CT molecular complexity index is 2990. The lowest BCUT2D eigenvalue weighted by Gasteiger charge is -2.43. The molecule has 7 heterocycles. The molecule has 4 nitrogen and oxygen atoms in total. The van der Waals surface area contributed by atoms with Crippen LogP contribution in [0.1, 0.15) is 79.1 Å². The summed E-state index contributed by atoms with van der Waals surface area (Å²) in [5.41, 5.74) is 0.333. The fourth-order valence-corrected chi connectivity index (χ4v) is 20.8. The van der Waals surface area contributed by atoms with Crippen LogP contribution < -0.4 is 9.06 Å². The summed E-state index contributed by atoms with van der Waals surface area (Å²) in [6, 6.07) is 30.2.